The molecule has 0 atom stereocenters. The third-order valence-corrected chi connectivity index (χ3v) is 2.33. The van der Waals surface area contributed by atoms with E-state index in [-0.39, 0.29) is 12.8 Å². The fourth-order valence-corrected chi connectivity index (χ4v) is 1.49. The van der Waals surface area contributed by atoms with E-state index in [9.17, 15) is 9.18 Å². The Bertz CT molecular complexity index is 565. The van der Waals surface area contributed by atoms with Crippen LogP contribution in [0.3, 0.4) is 0 Å². The summed E-state index contributed by atoms with van der Waals surface area (Å²) in [4.78, 5) is 18.5. The molecule has 0 bridgehead atoms. The summed E-state index contributed by atoms with van der Waals surface area (Å²) >= 11 is 0. The smallest absolute Gasteiger partial charge is 0.303 e. The third kappa shape index (κ3) is 2.68. The van der Waals surface area contributed by atoms with Gasteiger partial charge in [-0.25, -0.2) is 19.0 Å². The molecule has 0 saturated heterocycles. The van der Waals surface area contributed by atoms with Crippen LogP contribution in [0.1, 0.15) is 12.2 Å². The number of pyridine rings is 1. The zero-order valence-electron chi connectivity index (χ0n) is 9.67. The van der Waals surface area contributed by atoms with Crippen molar-refractivity contribution in [2.75, 3.05) is 0 Å². The topological polar surface area (TPSA) is 80.9 Å². The molecule has 2 aromatic rings. The number of aryl methyl sites for hydroxylation is 2. The minimum absolute atomic E-state index is 0.0275. The fourth-order valence-electron chi connectivity index (χ4n) is 1.49. The maximum Gasteiger partial charge on any atom is 0.303 e. The zero-order chi connectivity index (χ0) is 13.1. The van der Waals surface area contributed by atoms with Crippen LogP contribution in [-0.2, 0) is 18.3 Å². The van der Waals surface area contributed by atoms with E-state index in [1.165, 1.54) is 16.8 Å². The Labute approximate surface area is 102 Å². The number of carboxylic acids is 1. The fraction of sp³-hybridized carbons (Fsp3) is 0.273. The van der Waals surface area contributed by atoms with Crippen molar-refractivity contribution in [3.8, 4) is 11.5 Å². The summed E-state index contributed by atoms with van der Waals surface area (Å²) in [5.74, 6) is -0.410. The number of carbonyl (C=O) groups is 1. The van der Waals surface area contributed by atoms with Crippen molar-refractivity contribution in [2.45, 2.75) is 12.8 Å². The largest absolute Gasteiger partial charge is 0.481 e. The number of rotatable bonds is 4. The van der Waals surface area contributed by atoms with Gasteiger partial charge in [0.1, 0.15) is 11.5 Å². The number of hydrogen-bond acceptors (Lipinski definition) is 4. The molecule has 2 rings (SSSR count). The van der Waals surface area contributed by atoms with Gasteiger partial charge in [-0.3, -0.25) is 4.79 Å². The molecule has 0 aliphatic carbocycles. The highest BCUT2D eigenvalue weighted by atomic mass is 19.1. The molecular formula is C11H11FN4O2. The Morgan fingerprint density at radius 1 is 1.50 bits per heavy atom. The van der Waals surface area contributed by atoms with E-state index in [2.05, 4.69) is 15.1 Å². The van der Waals surface area contributed by atoms with Crippen molar-refractivity contribution in [1.82, 2.24) is 19.7 Å². The van der Waals surface area contributed by atoms with Crippen LogP contribution < -0.4 is 0 Å². The molecule has 0 unspecified atom stereocenters. The first-order valence-corrected chi connectivity index (χ1v) is 5.30. The van der Waals surface area contributed by atoms with Crippen LogP contribution in [0.15, 0.2) is 18.3 Å². The first-order chi connectivity index (χ1) is 8.56. The van der Waals surface area contributed by atoms with Crippen molar-refractivity contribution < 1.29 is 14.3 Å². The van der Waals surface area contributed by atoms with Crippen molar-refractivity contribution in [1.29, 1.82) is 0 Å². The summed E-state index contributed by atoms with van der Waals surface area (Å²) in [5.41, 5.74) is 0.493. The summed E-state index contributed by atoms with van der Waals surface area (Å²) < 4.78 is 14.2. The second-order valence-corrected chi connectivity index (χ2v) is 3.73. The summed E-state index contributed by atoms with van der Waals surface area (Å²) in [6.07, 6.45) is 1.33. The van der Waals surface area contributed by atoms with Gasteiger partial charge in [-0.05, 0) is 12.1 Å². The highest BCUT2D eigenvalue weighted by Gasteiger charge is 2.11. The lowest BCUT2D eigenvalue weighted by atomic mass is 10.3. The summed E-state index contributed by atoms with van der Waals surface area (Å²) in [6, 6.07) is 2.79. The van der Waals surface area contributed by atoms with Crippen LogP contribution in [0.2, 0.25) is 0 Å². The first-order valence-electron chi connectivity index (χ1n) is 5.30. The third-order valence-electron chi connectivity index (χ3n) is 2.33. The van der Waals surface area contributed by atoms with Gasteiger partial charge in [0.25, 0.3) is 0 Å². The van der Waals surface area contributed by atoms with Gasteiger partial charge in [0.05, 0.1) is 12.6 Å². The highest BCUT2D eigenvalue weighted by molar-refractivity contribution is 5.66. The number of nitrogens with zero attached hydrogens (tertiary/aromatic N) is 4. The maximum atomic E-state index is 12.7. The molecule has 1 N–H and O–H groups in total. The Balaban J connectivity index is 2.23. The first kappa shape index (κ1) is 12.2. The van der Waals surface area contributed by atoms with E-state index >= 15 is 0 Å². The molecule has 0 aliphatic heterocycles. The highest BCUT2D eigenvalue weighted by Crippen LogP contribution is 2.14. The molecule has 94 valence electrons. The minimum Gasteiger partial charge on any atom is -0.481 e. The van der Waals surface area contributed by atoms with Crippen LogP contribution in [0, 0.1) is 5.82 Å². The van der Waals surface area contributed by atoms with Crippen LogP contribution in [0.5, 0.6) is 0 Å². The molecule has 0 spiro atoms. The Morgan fingerprint density at radius 2 is 2.28 bits per heavy atom. The summed E-state index contributed by atoms with van der Waals surface area (Å²) in [5, 5.41) is 12.7. The number of halogens is 1. The predicted octanol–water partition coefficient (Wildman–Crippen LogP) is 1.03. The van der Waals surface area contributed by atoms with Crippen molar-refractivity contribution in [3.05, 3.63) is 30.0 Å². The van der Waals surface area contributed by atoms with Gasteiger partial charge in [-0.2, -0.15) is 5.10 Å². The molecule has 0 fully saturated rings. The molecule has 2 heterocycles. The average molecular weight is 250 g/mol. The molecule has 0 amide bonds. The molecule has 0 aromatic carbocycles. The number of hydrogen-bond donors (Lipinski definition) is 1. The SMILES string of the molecule is Cn1nc(CCC(=O)O)nc1-c1ccc(F)cn1. The van der Waals surface area contributed by atoms with E-state index in [0.717, 1.165) is 6.20 Å². The van der Waals surface area contributed by atoms with Crippen molar-refractivity contribution >= 4 is 5.97 Å². The second kappa shape index (κ2) is 4.91. The zero-order valence-corrected chi connectivity index (χ0v) is 9.67. The molecule has 7 heteroatoms. The van der Waals surface area contributed by atoms with Gasteiger partial charge in [-0.15, -0.1) is 0 Å². The lowest BCUT2D eigenvalue weighted by Gasteiger charge is -1.97. The molecule has 0 aliphatic rings. The van der Waals surface area contributed by atoms with Crippen LogP contribution in [0.25, 0.3) is 11.5 Å². The maximum absolute atomic E-state index is 12.7. The van der Waals surface area contributed by atoms with Gasteiger partial charge in [-0.1, -0.05) is 0 Å². The van der Waals surface area contributed by atoms with Crippen LogP contribution >= 0.6 is 0 Å². The molecule has 0 radical (unpaired) electrons. The van der Waals surface area contributed by atoms with E-state index in [0.29, 0.717) is 17.3 Å². The lowest BCUT2D eigenvalue weighted by molar-refractivity contribution is -0.137. The van der Waals surface area contributed by atoms with E-state index in [1.54, 1.807) is 7.05 Å². The van der Waals surface area contributed by atoms with Gasteiger partial charge in [0.2, 0.25) is 0 Å². The van der Waals surface area contributed by atoms with Crippen molar-refractivity contribution in [2.24, 2.45) is 7.05 Å². The lowest BCUT2D eigenvalue weighted by Crippen LogP contribution is -1.99. The Hall–Kier alpha value is -2.31. The monoisotopic (exact) mass is 250 g/mol. The Kier molecular flexibility index (Phi) is 3.31. The normalized spacial score (nSPS) is 10.6. The molecule has 0 saturated carbocycles. The van der Waals surface area contributed by atoms with Gasteiger partial charge < -0.3 is 5.11 Å². The molecule has 18 heavy (non-hydrogen) atoms. The van der Waals surface area contributed by atoms with Gasteiger partial charge in [0, 0.05) is 13.5 Å². The van der Waals surface area contributed by atoms with Crippen LogP contribution in [0.4, 0.5) is 4.39 Å². The standard InChI is InChI=1S/C11H11FN4O2/c1-16-11(8-3-2-7(12)6-13-8)14-9(15-16)4-5-10(17)18/h2-3,6H,4-5H2,1H3,(H,17,18). The van der Waals surface area contributed by atoms with E-state index in [1.807, 2.05) is 0 Å². The number of carboxylic acid groups (broad SMARTS) is 1. The molecule has 2 aromatic heterocycles. The number of aromatic nitrogens is 4. The second-order valence-electron chi connectivity index (χ2n) is 3.73. The summed E-state index contributed by atoms with van der Waals surface area (Å²) in [7, 11) is 1.68. The van der Waals surface area contributed by atoms with Crippen LogP contribution in [-0.4, -0.2) is 30.8 Å². The quantitative estimate of drug-likeness (QED) is 0.876. The van der Waals surface area contributed by atoms with E-state index < -0.39 is 11.8 Å². The minimum atomic E-state index is -0.899. The van der Waals surface area contributed by atoms with E-state index in [4.69, 9.17) is 5.11 Å². The summed E-state index contributed by atoms with van der Waals surface area (Å²) in [6.45, 7) is 0. The Morgan fingerprint density at radius 3 is 2.89 bits per heavy atom. The van der Waals surface area contributed by atoms with Gasteiger partial charge >= 0.3 is 5.97 Å². The average Bonchev–Trinajstić information content (AvgIpc) is 2.69. The molecule has 6 nitrogen and oxygen atoms in total. The number of aliphatic carboxylic acids is 1. The van der Waals surface area contributed by atoms with Gasteiger partial charge in [0.15, 0.2) is 11.6 Å². The van der Waals surface area contributed by atoms with Crippen molar-refractivity contribution in [3.63, 3.8) is 0 Å². The molecular weight excluding hydrogens is 239 g/mol. The predicted molar refractivity (Wildman–Crippen MR) is 60.1 cm³/mol.